The Morgan fingerprint density at radius 2 is 2.00 bits per heavy atom. The molecule has 0 saturated heterocycles. The maximum Gasteiger partial charge on any atom is 0.155 e. The van der Waals surface area contributed by atoms with Crippen molar-refractivity contribution in [1.82, 2.24) is 0 Å². The Kier molecular flexibility index (Phi) is 3.53. The zero-order valence-electron chi connectivity index (χ0n) is 14.7. The predicted octanol–water partition coefficient (Wildman–Crippen LogP) is 5.16. The summed E-state index contributed by atoms with van der Waals surface area (Å²) in [6, 6.07) is 0. The Bertz CT molecular complexity index is 594. The van der Waals surface area contributed by atoms with Crippen LogP contribution in [0, 0.1) is 46.8 Å². The van der Waals surface area contributed by atoms with Crippen molar-refractivity contribution in [3.8, 4) is 12.3 Å². The fourth-order valence-electron chi connectivity index (χ4n) is 7.31. The van der Waals surface area contributed by atoms with Crippen molar-refractivity contribution in [2.24, 2.45) is 34.5 Å². The van der Waals surface area contributed by atoms with Gasteiger partial charge in [-0.15, -0.1) is 6.42 Å². The summed E-state index contributed by atoms with van der Waals surface area (Å²) in [7, 11) is 0. The van der Waals surface area contributed by atoms with E-state index in [1.807, 2.05) is 6.08 Å². The maximum atomic E-state index is 11.8. The third-order valence-electron chi connectivity index (χ3n) is 8.51. The highest BCUT2D eigenvalue weighted by atomic mass is 16.1. The molecule has 1 heteroatoms. The highest BCUT2D eigenvalue weighted by Crippen LogP contribution is 2.68. The molecule has 0 aromatic heterocycles. The number of ketones is 1. The first-order valence-electron chi connectivity index (χ1n) is 9.76. The summed E-state index contributed by atoms with van der Waals surface area (Å²) < 4.78 is 0. The Morgan fingerprint density at radius 3 is 2.74 bits per heavy atom. The number of rotatable bonds is 1. The Morgan fingerprint density at radius 1 is 1.17 bits per heavy atom. The summed E-state index contributed by atoms with van der Waals surface area (Å²) in [5, 5.41) is 0. The number of terminal acetylenes is 1. The molecule has 23 heavy (non-hydrogen) atoms. The van der Waals surface area contributed by atoms with E-state index in [0.29, 0.717) is 17.1 Å². The van der Waals surface area contributed by atoms with E-state index in [2.05, 4.69) is 19.8 Å². The van der Waals surface area contributed by atoms with Gasteiger partial charge < -0.3 is 0 Å². The lowest BCUT2D eigenvalue weighted by atomic mass is 9.48. The van der Waals surface area contributed by atoms with Crippen molar-refractivity contribution in [3.05, 3.63) is 11.6 Å². The zero-order valence-corrected chi connectivity index (χ0v) is 14.7. The Balaban J connectivity index is 1.67. The first-order valence-corrected chi connectivity index (χ1v) is 9.76. The molecular formula is C22H30O. The van der Waals surface area contributed by atoms with E-state index in [0.717, 1.165) is 30.6 Å². The number of carbonyl (C=O) groups is 1. The van der Waals surface area contributed by atoms with Gasteiger partial charge >= 0.3 is 0 Å². The molecule has 0 amide bonds. The molecule has 0 radical (unpaired) electrons. The molecule has 0 unspecified atom stereocenters. The van der Waals surface area contributed by atoms with Crippen molar-refractivity contribution in [2.75, 3.05) is 0 Å². The molecule has 4 aliphatic carbocycles. The Hall–Kier alpha value is -1.03. The van der Waals surface area contributed by atoms with Gasteiger partial charge in [-0.05, 0) is 93.5 Å². The molecule has 1 nitrogen and oxygen atoms in total. The van der Waals surface area contributed by atoms with Gasteiger partial charge in [0.2, 0.25) is 0 Å². The highest BCUT2D eigenvalue weighted by molar-refractivity contribution is 5.91. The minimum absolute atomic E-state index is 0.107. The van der Waals surface area contributed by atoms with Crippen molar-refractivity contribution >= 4 is 5.78 Å². The van der Waals surface area contributed by atoms with E-state index in [-0.39, 0.29) is 5.41 Å². The van der Waals surface area contributed by atoms with Crippen molar-refractivity contribution < 1.29 is 4.79 Å². The molecule has 0 heterocycles. The molecule has 124 valence electrons. The lowest BCUT2D eigenvalue weighted by Gasteiger charge is -2.56. The van der Waals surface area contributed by atoms with Crippen LogP contribution in [0.5, 0.6) is 0 Å². The van der Waals surface area contributed by atoms with E-state index in [1.54, 1.807) is 0 Å². The van der Waals surface area contributed by atoms with E-state index in [1.165, 1.54) is 50.5 Å². The monoisotopic (exact) mass is 310 g/mol. The average Bonchev–Trinajstić information content (AvgIpc) is 2.88. The summed E-state index contributed by atoms with van der Waals surface area (Å²) in [4.78, 5) is 11.8. The normalized spacial score (nSPS) is 48.7. The van der Waals surface area contributed by atoms with E-state index in [9.17, 15) is 4.79 Å². The van der Waals surface area contributed by atoms with Crippen LogP contribution in [-0.2, 0) is 4.79 Å². The molecule has 0 bridgehead atoms. The molecule has 0 spiro atoms. The number of hydrogen-bond acceptors (Lipinski definition) is 1. The molecular weight excluding hydrogens is 280 g/mol. The minimum atomic E-state index is 0.107. The van der Waals surface area contributed by atoms with Crippen LogP contribution in [0.25, 0.3) is 0 Å². The van der Waals surface area contributed by atoms with Gasteiger partial charge in [-0.3, -0.25) is 4.79 Å². The number of fused-ring (bicyclic) bond motifs is 5. The van der Waals surface area contributed by atoms with E-state index >= 15 is 0 Å². The largest absolute Gasteiger partial charge is 0.295 e. The van der Waals surface area contributed by atoms with Gasteiger partial charge in [0, 0.05) is 11.8 Å². The average molecular weight is 310 g/mol. The first kappa shape index (κ1) is 15.5. The van der Waals surface area contributed by atoms with Gasteiger partial charge in [-0.1, -0.05) is 18.4 Å². The van der Waals surface area contributed by atoms with Crippen LogP contribution in [0.3, 0.4) is 0 Å². The zero-order chi connectivity index (χ0) is 16.2. The third kappa shape index (κ3) is 1.97. The van der Waals surface area contributed by atoms with Crippen molar-refractivity contribution in [3.63, 3.8) is 0 Å². The number of allylic oxidation sites excluding steroid dienone is 1. The van der Waals surface area contributed by atoms with Gasteiger partial charge in [-0.25, -0.2) is 0 Å². The standard InChI is InChI=1S/C22H30O/c1-4-21(3)12-11-20-19-8-6-15-14-16(23)7-9-17(15)18(19)10-13-22(20,21)5-2/h1,14,17-20H,5-13H2,2-3H3/t17-,18+,19+,20-,21-,22-/m0/s1. The SMILES string of the molecule is C#C[C@@]1(C)CC[C@H]2[C@@H]3CCC4=CC(=O)CC[C@@H]4[C@H]3CC[C@@]21CC. The smallest absolute Gasteiger partial charge is 0.155 e. The summed E-state index contributed by atoms with van der Waals surface area (Å²) >= 11 is 0. The molecule has 0 aromatic rings. The lowest BCUT2D eigenvalue weighted by molar-refractivity contribution is -0.116. The topological polar surface area (TPSA) is 17.1 Å². The second-order valence-electron chi connectivity index (χ2n) is 8.87. The number of hydrogen-bond donors (Lipinski definition) is 0. The van der Waals surface area contributed by atoms with Crippen LogP contribution in [-0.4, -0.2) is 5.78 Å². The fourth-order valence-corrected chi connectivity index (χ4v) is 7.31. The van der Waals surface area contributed by atoms with Gasteiger partial charge in [-0.2, -0.15) is 0 Å². The quantitative estimate of drug-likeness (QED) is 0.612. The maximum absolute atomic E-state index is 11.8. The van der Waals surface area contributed by atoms with Crippen molar-refractivity contribution in [1.29, 1.82) is 0 Å². The summed E-state index contributed by atoms with van der Waals surface area (Å²) in [5.74, 6) is 6.82. The molecule has 4 aliphatic rings. The molecule has 0 aromatic carbocycles. The molecule has 0 aliphatic heterocycles. The van der Waals surface area contributed by atoms with Gasteiger partial charge in [0.1, 0.15) is 0 Å². The second-order valence-corrected chi connectivity index (χ2v) is 8.87. The fraction of sp³-hybridized carbons (Fsp3) is 0.773. The van der Waals surface area contributed by atoms with E-state index < -0.39 is 0 Å². The molecule has 4 rings (SSSR count). The third-order valence-corrected chi connectivity index (χ3v) is 8.51. The Labute approximate surface area is 141 Å². The summed E-state index contributed by atoms with van der Waals surface area (Å²) in [6.07, 6.45) is 18.8. The van der Waals surface area contributed by atoms with Gasteiger partial charge in [0.05, 0.1) is 0 Å². The summed E-state index contributed by atoms with van der Waals surface area (Å²) in [6.45, 7) is 4.74. The van der Waals surface area contributed by atoms with Gasteiger partial charge in [0.15, 0.2) is 5.78 Å². The number of carbonyl (C=O) groups excluding carboxylic acids is 1. The molecule has 6 atom stereocenters. The highest BCUT2D eigenvalue weighted by Gasteiger charge is 2.61. The van der Waals surface area contributed by atoms with E-state index in [4.69, 9.17) is 6.42 Å². The van der Waals surface area contributed by atoms with Crippen molar-refractivity contribution in [2.45, 2.75) is 71.6 Å². The molecule has 3 fully saturated rings. The first-order chi connectivity index (χ1) is 11.0. The van der Waals surface area contributed by atoms with Gasteiger partial charge in [0.25, 0.3) is 0 Å². The minimum Gasteiger partial charge on any atom is -0.295 e. The second kappa shape index (κ2) is 5.23. The summed E-state index contributed by atoms with van der Waals surface area (Å²) in [5.41, 5.74) is 1.98. The van der Waals surface area contributed by atoms with Crippen LogP contribution >= 0.6 is 0 Å². The van der Waals surface area contributed by atoms with Crippen LogP contribution in [0.1, 0.15) is 71.6 Å². The lowest BCUT2D eigenvalue weighted by Crippen LogP contribution is -2.49. The van der Waals surface area contributed by atoms with Crippen LogP contribution in [0.2, 0.25) is 0 Å². The van der Waals surface area contributed by atoms with Crippen LogP contribution in [0.15, 0.2) is 11.6 Å². The molecule has 3 saturated carbocycles. The van der Waals surface area contributed by atoms with Crippen LogP contribution in [0.4, 0.5) is 0 Å². The predicted molar refractivity (Wildman–Crippen MR) is 93.7 cm³/mol. The molecule has 0 N–H and O–H groups in total. The van der Waals surface area contributed by atoms with Crippen LogP contribution < -0.4 is 0 Å².